The van der Waals surface area contributed by atoms with Gasteiger partial charge >= 0.3 is 0 Å². The van der Waals surface area contributed by atoms with E-state index in [1.54, 1.807) is 7.11 Å². The average Bonchev–Trinajstić information content (AvgIpc) is 2.17. The molecule has 0 amide bonds. The summed E-state index contributed by atoms with van der Waals surface area (Å²) in [6.45, 7) is 0.437. The fourth-order valence-corrected chi connectivity index (χ4v) is 1.18. The van der Waals surface area contributed by atoms with Gasteiger partial charge < -0.3 is 15.4 Å². The van der Waals surface area contributed by atoms with Crippen molar-refractivity contribution in [2.24, 2.45) is 5.73 Å². The second-order valence-electron chi connectivity index (χ2n) is 3.08. The monoisotopic (exact) mass is 193 g/mol. The maximum Gasteiger partial charge on any atom is 0.119 e. The Balaban J connectivity index is 2.71. The second kappa shape index (κ2) is 4.50. The molecule has 1 aromatic rings. The maximum atomic E-state index is 7.16. The highest BCUT2D eigenvalue weighted by Crippen LogP contribution is 2.17. The molecular weight excluding hydrogens is 178 g/mol. The van der Waals surface area contributed by atoms with Crippen molar-refractivity contribution in [2.45, 2.75) is 0 Å². The number of hydrogen-bond acceptors (Lipinski definition) is 3. The summed E-state index contributed by atoms with van der Waals surface area (Å²) in [5.74, 6) is 0.980. The Morgan fingerprint density at radius 2 is 2.00 bits per heavy atom. The van der Waals surface area contributed by atoms with Crippen LogP contribution in [0.25, 0.3) is 0 Å². The number of nitrogens with two attached hydrogens (primary N) is 1. The first kappa shape index (κ1) is 10.4. The van der Waals surface area contributed by atoms with Gasteiger partial charge in [-0.1, -0.05) is 0 Å². The Morgan fingerprint density at radius 1 is 1.43 bits per heavy atom. The largest absolute Gasteiger partial charge is 0.497 e. The van der Waals surface area contributed by atoms with Gasteiger partial charge in [0.15, 0.2) is 0 Å². The van der Waals surface area contributed by atoms with Crippen LogP contribution < -0.4 is 15.4 Å². The van der Waals surface area contributed by atoms with E-state index in [1.165, 1.54) is 0 Å². The molecule has 1 rings (SSSR count). The molecule has 0 radical (unpaired) electrons. The molecule has 4 heteroatoms. The minimum atomic E-state index is 0.156. The van der Waals surface area contributed by atoms with E-state index in [-0.39, 0.29) is 5.84 Å². The predicted octanol–water partition coefficient (Wildman–Crippen LogP) is 1.07. The van der Waals surface area contributed by atoms with Gasteiger partial charge in [-0.05, 0) is 24.3 Å². The highest BCUT2D eigenvalue weighted by atomic mass is 16.5. The van der Waals surface area contributed by atoms with Crippen LogP contribution in [0, 0.1) is 5.41 Å². The smallest absolute Gasteiger partial charge is 0.119 e. The summed E-state index contributed by atoms with van der Waals surface area (Å²) >= 11 is 0. The zero-order valence-electron chi connectivity index (χ0n) is 8.45. The lowest BCUT2D eigenvalue weighted by molar-refractivity contribution is 0.415. The van der Waals surface area contributed by atoms with Gasteiger partial charge in [0.1, 0.15) is 11.6 Å². The van der Waals surface area contributed by atoms with Gasteiger partial charge in [-0.25, -0.2) is 0 Å². The average molecular weight is 193 g/mol. The third kappa shape index (κ3) is 2.65. The first-order valence-electron chi connectivity index (χ1n) is 4.31. The molecule has 0 spiro atoms. The fraction of sp³-hybridized carbons (Fsp3) is 0.300. The number of rotatable bonds is 4. The Labute approximate surface area is 83.8 Å². The molecule has 14 heavy (non-hydrogen) atoms. The molecule has 0 aromatic heterocycles. The minimum absolute atomic E-state index is 0.156. The first-order valence-corrected chi connectivity index (χ1v) is 4.31. The number of hydrogen-bond donors (Lipinski definition) is 2. The number of benzene rings is 1. The molecule has 0 bridgehead atoms. The number of nitrogens with zero attached hydrogens (tertiary/aromatic N) is 1. The van der Waals surface area contributed by atoms with E-state index in [4.69, 9.17) is 15.9 Å². The van der Waals surface area contributed by atoms with Crippen LogP contribution in [0.2, 0.25) is 0 Å². The van der Waals surface area contributed by atoms with Gasteiger partial charge in [-0.3, -0.25) is 5.41 Å². The Morgan fingerprint density at radius 3 is 2.43 bits per heavy atom. The van der Waals surface area contributed by atoms with Crippen LogP contribution in [-0.4, -0.2) is 26.5 Å². The highest BCUT2D eigenvalue weighted by Gasteiger charge is 2.01. The lowest BCUT2D eigenvalue weighted by atomic mass is 10.3. The van der Waals surface area contributed by atoms with Crippen LogP contribution in [0.4, 0.5) is 5.69 Å². The molecule has 76 valence electrons. The fourth-order valence-electron chi connectivity index (χ4n) is 1.18. The summed E-state index contributed by atoms with van der Waals surface area (Å²) in [5, 5.41) is 7.16. The standard InChI is InChI=1S/C10H15N3O/c1-13(7-10(11)12)8-3-5-9(14-2)6-4-8/h3-6H,7H2,1-2H3,(H3,11,12). The van der Waals surface area contributed by atoms with E-state index in [1.807, 2.05) is 36.2 Å². The zero-order chi connectivity index (χ0) is 10.6. The molecule has 4 nitrogen and oxygen atoms in total. The van der Waals surface area contributed by atoms with Crippen LogP contribution in [0.1, 0.15) is 0 Å². The Bertz CT molecular complexity index is 308. The van der Waals surface area contributed by atoms with Crippen LogP contribution in [0.5, 0.6) is 5.75 Å². The topological polar surface area (TPSA) is 62.3 Å². The summed E-state index contributed by atoms with van der Waals surface area (Å²) in [4.78, 5) is 1.90. The van der Waals surface area contributed by atoms with Crippen molar-refractivity contribution >= 4 is 11.5 Å². The van der Waals surface area contributed by atoms with Crippen LogP contribution in [-0.2, 0) is 0 Å². The molecule has 0 saturated carbocycles. The molecule has 0 atom stereocenters. The molecule has 0 aliphatic rings. The van der Waals surface area contributed by atoms with E-state index >= 15 is 0 Å². The number of amidine groups is 1. The quantitative estimate of drug-likeness (QED) is 0.555. The minimum Gasteiger partial charge on any atom is -0.497 e. The van der Waals surface area contributed by atoms with Crippen molar-refractivity contribution in [3.63, 3.8) is 0 Å². The SMILES string of the molecule is COc1ccc(N(C)CC(=N)N)cc1. The van der Waals surface area contributed by atoms with Gasteiger partial charge in [0.2, 0.25) is 0 Å². The molecule has 3 N–H and O–H groups in total. The molecule has 0 aliphatic carbocycles. The molecule has 0 fully saturated rings. The lowest BCUT2D eigenvalue weighted by Crippen LogP contribution is -2.29. The van der Waals surface area contributed by atoms with Gasteiger partial charge in [0.25, 0.3) is 0 Å². The number of methoxy groups -OCH3 is 1. The van der Waals surface area contributed by atoms with Gasteiger partial charge in [-0.15, -0.1) is 0 Å². The number of nitrogens with one attached hydrogen (secondary N) is 1. The molecule has 1 aromatic carbocycles. The predicted molar refractivity (Wildman–Crippen MR) is 58.2 cm³/mol. The van der Waals surface area contributed by atoms with Crippen molar-refractivity contribution in [3.8, 4) is 5.75 Å². The molecular formula is C10H15N3O. The van der Waals surface area contributed by atoms with Crippen molar-refractivity contribution in [2.75, 3.05) is 25.6 Å². The molecule has 0 unspecified atom stereocenters. The van der Waals surface area contributed by atoms with Gasteiger partial charge in [0.05, 0.1) is 13.7 Å². The lowest BCUT2D eigenvalue weighted by Gasteiger charge is -2.18. The van der Waals surface area contributed by atoms with Crippen molar-refractivity contribution in [1.82, 2.24) is 0 Å². The third-order valence-electron chi connectivity index (χ3n) is 1.92. The third-order valence-corrected chi connectivity index (χ3v) is 1.92. The summed E-state index contributed by atoms with van der Waals surface area (Å²) < 4.78 is 5.04. The first-order chi connectivity index (χ1) is 6.63. The van der Waals surface area contributed by atoms with Crippen LogP contribution >= 0.6 is 0 Å². The number of ether oxygens (including phenoxy) is 1. The van der Waals surface area contributed by atoms with Crippen LogP contribution in [0.15, 0.2) is 24.3 Å². The van der Waals surface area contributed by atoms with E-state index in [0.717, 1.165) is 11.4 Å². The van der Waals surface area contributed by atoms with E-state index in [0.29, 0.717) is 6.54 Å². The molecule has 0 heterocycles. The highest BCUT2D eigenvalue weighted by molar-refractivity contribution is 5.82. The van der Waals surface area contributed by atoms with Crippen molar-refractivity contribution in [3.05, 3.63) is 24.3 Å². The molecule has 0 saturated heterocycles. The van der Waals surface area contributed by atoms with E-state index < -0.39 is 0 Å². The van der Waals surface area contributed by atoms with Crippen molar-refractivity contribution in [1.29, 1.82) is 5.41 Å². The summed E-state index contributed by atoms with van der Waals surface area (Å²) in [6.07, 6.45) is 0. The number of anilines is 1. The molecule has 0 aliphatic heterocycles. The van der Waals surface area contributed by atoms with E-state index in [2.05, 4.69) is 0 Å². The Hall–Kier alpha value is -1.71. The van der Waals surface area contributed by atoms with Crippen LogP contribution in [0.3, 0.4) is 0 Å². The van der Waals surface area contributed by atoms with Gasteiger partial charge in [-0.2, -0.15) is 0 Å². The summed E-state index contributed by atoms with van der Waals surface area (Å²) in [5.41, 5.74) is 6.32. The Kier molecular flexibility index (Phi) is 3.34. The normalized spacial score (nSPS) is 9.57. The zero-order valence-corrected chi connectivity index (χ0v) is 8.45. The number of likely N-dealkylation sites (N-methyl/N-ethyl adjacent to an activating group) is 1. The second-order valence-corrected chi connectivity index (χ2v) is 3.08. The summed E-state index contributed by atoms with van der Waals surface area (Å²) in [7, 11) is 3.53. The van der Waals surface area contributed by atoms with Gasteiger partial charge in [0, 0.05) is 12.7 Å². The maximum absolute atomic E-state index is 7.16. The van der Waals surface area contributed by atoms with Crippen molar-refractivity contribution < 1.29 is 4.74 Å². The summed E-state index contributed by atoms with van der Waals surface area (Å²) in [6, 6.07) is 7.63. The van der Waals surface area contributed by atoms with E-state index in [9.17, 15) is 0 Å².